The van der Waals surface area contributed by atoms with E-state index in [1.54, 1.807) is 26.1 Å². The van der Waals surface area contributed by atoms with Crippen LogP contribution in [0.15, 0.2) is 36.5 Å². The SMILES string of the molecule is CC(C)(CCCC(=O)N1CCc2c(n(Cc3cc(Cl)cc(Cl)c3)c3ncccc23)C1)C(=O)O. The van der Waals surface area contributed by atoms with Gasteiger partial charge in [-0.3, -0.25) is 9.59 Å². The van der Waals surface area contributed by atoms with Crippen molar-refractivity contribution in [1.29, 1.82) is 0 Å². The Balaban J connectivity index is 1.57. The van der Waals surface area contributed by atoms with Gasteiger partial charge in [0.05, 0.1) is 12.0 Å². The summed E-state index contributed by atoms with van der Waals surface area (Å²) in [5.74, 6) is -0.784. The van der Waals surface area contributed by atoms with Crippen LogP contribution in [0.2, 0.25) is 10.0 Å². The number of nitrogens with zero attached hydrogens (tertiary/aromatic N) is 3. The Kier molecular flexibility index (Phi) is 6.68. The molecule has 3 heterocycles. The standard InChI is InChI=1S/C25H27Cl2N3O3/c1-25(2,24(32)33)8-3-6-22(31)29-10-7-19-20-5-4-9-28-23(20)30(21(19)15-29)14-16-11-17(26)13-18(27)12-16/h4-5,9,11-13H,3,6-8,10,14-15H2,1-2H3,(H,32,33). The van der Waals surface area contributed by atoms with Crippen LogP contribution in [0, 0.1) is 5.41 Å². The van der Waals surface area contributed by atoms with Crippen LogP contribution in [0.3, 0.4) is 0 Å². The molecule has 1 N–H and O–H groups in total. The molecule has 0 saturated heterocycles. The van der Waals surface area contributed by atoms with Crippen molar-refractivity contribution in [3.05, 3.63) is 63.4 Å². The van der Waals surface area contributed by atoms with E-state index in [9.17, 15) is 14.7 Å². The van der Waals surface area contributed by atoms with Crippen LogP contribution >= 0.6 is 23.2 Å². The average molecular weight is 488 g/mol. The molecule has 0 unspecified atom stereocenters. The van der Waals surface area contributed by atoms with Gasteiger partial charge in [-0.25, -0.2) is 4.98 Å². The van der Waals surface area contributed by atoms with Crippen LogP contribution in [0.1, 0.15) is 49.9 Å². The summed E-state index contributed by atoms with van der Waals surface area (Å²) in [5, 5.41) is 11.6. The molecular weight excluding hydrogens is 461 g/mol. The minimum atomic E-state index is -0.837. The van der Waals surface area contributed by atoms with Crippen molar-refractivity contribution in [2.75, 3.05) is 6.54 Å². The molecule has 1 aliphatic heterocycles. The smallest absolute Gasteiger partial charge is 0.309 e. The molecule has 0 fully saturated rings. The Morgan fingerprint density at radius 2 is 1.91 bits per heavy atom. The van der Waals surface area contributed by atoms with Gasteiger partial charge in [-0.1, -0.05) is 23.2 Å². The third-order valence-electron chi connectivity index (χ3n) is 6.40. The Bertz CT molecular complexity index is 1200. The van der Waals surface area contributed by atoms with Gasteiger partial charge in [0.2, 0.25) is 5.91 Å². The van der Waals surface area contributed by atoms with Crippen LogP contribution in [-0.4, -0.2) is 38.0 Å². The molecule has 1 amide bonds. The summed E-state index contributed by atoms with van der Waals surface area (Å²) in [7, 11) is 0. The summed E-state index contributed by atoms with van der Waals surface area (Å²) in [4.78, 5) is 30.8. The topological polar surface area (TPSA) is 75.4 Å². The molecule has 3 aromatic rings. The first-order chi connectivity index (χ1) is 15.7. The lowest BCUT2D eigenvalue weighted by Crippen LogP contribution is -2.36. The summed E-state index contributed by atoms with van der Waals surface area (Å²) in [6.45, 7) is 5.09. The Morgan fingerprint density at radius 1 is 1.18 bits per heavy atom. The fraction of sp³-hybridized carbons (Fsp3) is 0.400. The maximum Gasteiger partial charge on any atom is 0.309 e. The molecule has 6 nitrogen and oxygen atoms in total. The molecule has 174 valence electrons. The van der Waals surface area contributed by atoms with Crippen LogP contribution in [0.4, 0.5) is 0 Å². The molecule has 1 aromatic carbocycles. The summed E-state index contributed by atoms with van der Waals surface area (Å²) in [6, 6.07) is 9.51. The number of aliphatic carboxylic acids is 1. The zero-order valence-corrected chi connectivity index (χ0v) is 20.3. The van der Waals surface area contributed by atoms with Crippen molar-refractivity contribution in [1.82, 2.24) is 14.5 Å². The van der Waals surface area contributed by atoms with E-state index in [0.717, 1.165) is 28.7 Å². The lowest BCUT2D eigenvalue weighted by Gasteiger charge is -2.29. The van der Waals surface area contributed by atoms with E-state index in [1.807, 2.05) is 23.1 Å². The van der Waals surface area contributed by atoms with Crippen molar-refractivity contribution in [2.45, 2.75) is 52.6 Å². The highest BCUT2D eigenvalue weighted by molar-refractivity contribution is 6.34. The molecule has 33 heavy (non-hydrogen) atoms. The van der Waals surface area contributed by atoms with Crippen LogP contribution in [0.25, 0.3) is 11.0 Å². The summed E-state index contributed by atoms with van der Waals surface area (Å²) < 4.78 is 2.15. The normalized spacial score (nSPS) is 13.9. The van der Waals surface area contributed by atoms with Gasteiger partial charge in [0, 0.05) is 46.8 Å². The van der Waals surface area contributed by atoms with Gasteiger partial charge >= 0.3 is 5.97 Å². The quantitative estimate of drug-likeness (QED) is 0.473. The largest absolute Gasteiger partial charge is 0.481 e. The van der Waals surface area contributed by atoms with Crippen molar-refractivity contribution < 1.29 is 14.7 Å². The maximum absolute atomic E-state index is 13.0. The van der Waals surface area contributed by atoms with E-state index in [0.29, 0.717) is 48.9 Å². The van der Waals surface area contributed by atoms with Crippen LogP contribution in [0.5, 0.6) is 0 Å². The fourth-order valence-corrected chi connectivity index (χ4v) is 5.05. The number of aromatic nitrogens is 2. The third-order valence-corrected chi connectivity index (χ3v) is 6.84. The maximum atomic E-state index is 13.0. The van der Waals surface area contributed by atoms with Gasteiger partial charge < -0.3 is 14.6 Å². The summed E-state index contributed by atoms with van der Waals surface area (Å²) in [6.07, 6.45) is 3.89. The molecule has 0 atom stereocenters. The van der Waals surface area contributed by atoms with Crippen molar-refractivity contribution in [3.8, 4) is 0 Å². The minimum Gasteiger partial charge on any atom is -0.481 e. The lowest BCUT2D eigenvalue weighted by atomic mass is 9.87. The van der Waals surface area contributed by atoms with E-state index in [-0.39, 0.29) is 5.91 Å². The number of benzene rings is 1. The Labute approximate surface area is 203 Å². The molecular formula is C25H27Cl2N3O3. The molecule has 0 saturated carbocycles. The number of halogens is 2. The van der Waals surface area contributed by atoms with Crippen LogP contribution in [-0.2, 0) is 29.1 Å². The number of pyridine rings is 1. The molecule has 1 aliphatic rings. The number of amides is 1. The van der Waals surface area contributed by atoms with E-state index in [4.69, 9.17) is 23.2 Å². The van der Waals surface area contributed by atoms with Gasteiger partial charge in [-0.2, -0.15) is 0 Å². The first-order valence-electron chi connectivity index (χ1n) is 11.1. The lowest BCUT2D eigenvalue weighted by molar-refractivity contribution is -0.147. The van der Waals surface area contributed by atoms with Crippen molar-refractivity contribution in [2.24, 2.45) is 5.41 Å². The molecule has 8 heteroatoms. The second kappa shape index (κ2) is 9.35. The highest BCUT2D eigenvalue weighted by Crippen LogP contribution is 2.32. The number of carbonyl (C=O) groups excluding carboxylic acids is 1. The van der Waals surface area contributed by atoms with Gasteiger partial charge in [-0.05, 0) is 74.6 Å². The summed E-state index contributed by atoms with van der Waals surface area (Å²) >= 11 is 12.4. The molecule has 4 rings (SSSR count). The third kappa shape index (κ3) is 5.02. The number of fused-ring (bicyclic) bond motifs is 3. The zero-order valence-electron chi connectivity index (χ0n) is 18.8. The fourth-order valence-electron chi connectivity index (χ4n) is 4.47. The minimum absolute atomic E-state index is 0.0532. The number of rotatable bonds is 7. The number of carboxylic acids is 1. The number of carbonyl (C=O) groups is 2. The first kappa shape index (κ1) is 23.6. The average Bonchev–Trinajstić information content (AvgIpc) is 3.06. The molecule has 0 aliphatic carbocycles. The van der Waals surface area contributed by atoms with E-state index >= 15 is 0 Å². The van der Waals surface area contributed by atoms with E-state index in [2.05, 4.69) is 15.6 Å². The second-order valence-electron chi connectivity index (χ2n) is 9.27. The van der Waals surface area contributed by atoms with Gasteiger partial charge in [0.15, 0.2) is 0 Å². The van der Waals surface area contributed by atoms with Crippen LogP contribution < -0.4 is 0 Å². The number of hydrogen-bond acceptors (Lipinski definition) is 3. The second-order valence-corrected chi connectivity index (χ2v) is 10.1. The molecule has 0 bridgehead atoms. The van der Waals surface area contributed by atoms with Crippen molar-refractivity contribution in [3.63, 3.8) is 0 Å². The Hall–Kier alpha value is -2.57. The van der Waals surface area contributed by atoms with Gasteiger partial charge in [-0.15, -0.1) is 0 Å². The number of carboxylic acid groups (broad SMARTS) is 1. The highest BCUT2D eigenvalue weighted by Gasteiger charge is 2.29. The first-order valence-corrected chi connectivity index (χ1v) is 11.8. The monoisotopic (exact) mass is 487 g/mol. The highest BCUT2D eigenvalue weighted by atomic mass is 35.5. The zero-order chi connectivity index (χ0) is 23.8. The van der Waals surface area contributed by atoms with E-state index in [1.165, 1.54) is 5.56 Å². The number of hydrogen-bond donors (Lipinski definition) is 1. The molecule has 0 spiro atoms. The van der Waals surface area contributed by atoms with Gasteiger partial charge in [0.25, 0.3) is 0 Å². The van der Waals surface area contributed by atoms with E-state index < -0.39 is 11.4 Å². The molecule has 2 aromatic heterocycles. The predicted octanol–water partition coefficient (Wildman–Crippen LogP) is 5.56. The predicted molar refractivity (Wildman–Crippen MR) is 130 cm³/mol. The Morgan fingerprint density at radius 3 is 2.61 bits per heavy atom. The van der Waals surface area contributed by atoms with Gasteiger partial charge in [0.1, 0.15) is 5.65 Å². The summed E-state index contributed by atoms with van der Waals surface area (Å²) in [5.41, 5.74) is 3.33. The molecule has 0 radical (unpaired) electrons. The van der Waals surface area contributed by atoms with Crippen molar-refractivity contribution >= 4 is 46.1 Å².